The molecule has 0 aliphatic carbocycles. The number of carbonyl (C=O) groups excluding carboxylic acids is 1. The van der Waals surface area contributed by atoms with Crippen LogP contribution < -0.4 is 10.1 Å². The molecular formula is C18H18N2O3S2. The minimum absolute atomic E-state index is 0.0790. The minimum atomic E-state index is -0.0790. The monoisotopic (exact) mass is 374 g/mol. The SMILES string of the molecule is O=C(NCCSCc1ccco1)c1ccc(OCc2cscn2)cc1. The molecule has 0 aliphatic heterocycles. The highest BCUT2D eigenvalue weighted by molar-refractivity contribution is 7.98. The van der Waals surface area contributed by atoms with Gasteiger partial charge in [-0.15, -0.1) is 11.3 Å². The highest BCUT2D eigenvalue weighted by Gasteiger charge is 2.06. The van der Waals surface area contributed by atoms with E-state index in [0.29, 0.717) is 18.7 Å². The largest absolute Gasteiger partial charge is 0.487 e. The molecule has 3 aromatic rings. The molecule has 0 radical (unpaired) electrons. The Morgan fingerprint density at radius 2 is 2.16 bits per heavy atom. The fourth-order valence-electron chi connectivity index (χ4n) is 2.07. The van der Waals surface area contributed by atoms with Gasteiger partial charge in [0.05, 0.1) is 23.2 Å². The minimum Gasteiger partial charge on any atom is -0.487 e. The van der Waals surface area contributed by atoms with E-state index in [1.165, 1.54) is 0 Å². The molecule has 0 bridgehead atoms. The van der Waals surface area contributed by atoms with Crippen molar-refractivity contribution in [3.63, 3.8) is 0 Å². The van der Waals surface area contributed by atoms with Gasteiger partial charge in [-0.25, -0.2) is 4.98 Å². The average Bonchev–Trinajstić information content (AvgIpc) is 3.34. The highest BCUT2D eigenvalue weighted by atomic mass is 32.2. The second-order valence-electron chi connectivity index (χ2n) is 5.18. The molecule has 0 saturated carbocycles. The molecule has 0 atom stereocenters. The first-order valence-electron chi connectivity index (χ1n) is 7.79. The van der Waals surface area contributed by atoms with E-state index in [1.807, 2.05) is 17.5 Å². The Balaban J connectivity index is 1.36. The maximum atomic E-state index is 12.1. The zero-order valence-corrected chi connectivity index (χ0v) is 15.1. The van der Waals surface area contributed by atoms with Gasteiger partial charge in [0, 0.05) is 23.2 Å². The summed E-state index contributed by atoms with van der Waals surface area (Å²) in [5, 5.41) is 4.86. The van der Waals surface area contributed by atoms with Crippen molar-refractivity contribution in [3.8, 4) is 5.75 Å². The Bertz CT molecular complexity index is 756. The van der Waals surface area contributed by atoms with Crippen LogP contribution in [0.4, 0.5) is 0 Å². The average molecular weight is 374 g/mol. The molecule has 1 amide bonds. The normalized spacial score (nSPS) is 10.6. The summed E-state index contributed by atoms with van der Waals surface area (Å²) in [6.07, 6.45) is 1.67. The van der Waals surface area contributed by atoms with Gasteiger partial charge in [0.2, 0.25) is 0 Å². The Morgan fingerprint density at radius 3 is 2.88 bits per heavy atom. The third-order valence-corrected chi connectivity index (χ3v) is 4.96. The molecule has 0 aliphatic rings. The lowest BCUT2D eigenvalue weighted by Crippen LogP contribution is -2.25. The van der Waals surface area contributed by atoms with Gasteiger partial charge in [-0.05, 0) is 36.4 Å². The fourth-order valence-corrected chi connectivity index (χ4v) is 3.37. The zero-order valence-electron chi connectivity index (χ0n) is 13.5. The third kappa shape index (κ3) is 5.65. The summed E-state index contributed by atoms with van der Waals surface area (Å²) < 4.78 is 10.9. The summed E-state index contributed by atoms with van der Waals surface area (Å²) >= 11 is 3.26. The summed E-state index contributed by atoms with van der Waals surface area (Å²) in [5.74, 6) is 3.24. The predicted molar refractivity (Wildman–Crippen MR) is 100 cm³/mol. The van der Waals surface area contributed by atoms with Gasteiger partial charge >= 0.3 is 0 Å². The summed E-state index contributed by atoms with van der Waals surface area (Å²) in [7, 11) is 0. The standard InChI is InChI=1S/C18H18N2O3S2/c21-18(19-7-9-24-12-17-2-1-8-22-17)14-3-5-16(6-4-14)23-10-15-11-25-13-20-15/h1-6,8,11,13H,7,9-10,12H2,(H,19,21). The second kappa shape index (κ2) is 9.29. The Labute approximate surface area is 154 Å². The first-order valence-corrected chi connectivity index (χ1v) is 9.89. The molecule has 0 unspecified atom stereocenters. The molecule has 1 N–H and O–H groups in total. The topological polar surface area (TPSA) is 64.4 Å². The van der Waals surface area contributed by atoms with Crippen molar-refractivity contribution in [3.05, 3.63) is 70.6 Å². The number of hydrogen-bond donors (Lipinski definition) is 1. The summed E-state index contributed by atoms with van der Waals surface area (Å²) in [5.41, 5.74) is 3.30. The van der Waals surface area contributed by atoms with Crippen LogP contribution in [0.5, 0.6) is 5.75 Å². The lowest BCUT2D eigenvalue weighted by atomic mass is 10.2. The molecule has 7 heteroatoms. The van der Waals surface area contributed by atoms with E-state index in [9.17, 15) is 4.79 Å². The van der Waals surface area contributed by atoms with Crippen molar-refractivity contribution in [1.29, 1.82) is 0 Å². The van der Waals surface area contributed by atoms with E-state index in [0.717, 1.165) is 28.7 Å². The number of thioether (sulfide) groups is 1. The van der Waals surface area contributed by atoms with Crippen LogP contribution in [0, 0.1) is 0 Å². The van der Waals surface area contributed by atoms with Gasteiger partial charge in [0.15, 0.2) is 0 Å². The van der Waals surface area contributed by atoms with Gasteiger partial charge < -0.3 is 14.5 Å². The summed E-state index contributed by atoms with van der Waals surface area (Å²) in [6, 6.07) is 11.0. The predicted octanol–water partition coefficient (Wildman–Crippen LogP) is 3.98. The number of hydrogen-bond acceptors (Lipinski definition) is 6. The van der Waals surface area contributed by atoms with Crippen molar-refractivity contribution in [2.75, 3.05) is 12.3 Å². The molecule has 0 fully saturated rings. The molecule has 25 heavy (non-hydrogen) atoms. The van der Waals surface area contributed by atoms with Crippen molar-refractivity contribution in [2.45, 2.75) is 12.4 Å². The number of furan rings is 1. The van der Waals surface area contributed by atoms with E-state index in [-0.39, 0.29) is 5.91 Å². The number of aromatic nitrogens is 1. The van der Waals surface area contributed by atoms with E-state index >= 15 is 0 Å². The molecule has 2 aromatic heterocycles. The maximum absolute atomic E-state index is 12.1. The number of carbonyl (C=O) groups is 1. The van der Waals surface area contributed by atoms with Gasteiger partial charge in [0.1, 0.15) is 18.1 Å². The van der Waals surface area contributed by atoms with Crippen molar-refractivity contribution >= 4 is 29.0 Å². The van der Waals surface area contributed by atoms with Gasteiger partial charge in [-0.2, -0.15) is 11.8 Å². The van der Waals surface area contributed by atoms with Crippen molar-refractivity contribution < 1.29 is 13.9 Å². The van der Waals surface area contributed by atoms with Gasteiger partial charge in [-0.1, -0.05) is 0 Å². The third-order valence-electron chi connectivity index (χ3n) is 3.34. The van der Waals surface area contributed by atoms with Crippen LogP contribution in [-0.4, -0.2) is 23.2 Å². The number of nitrogens with one attached hydrogen (secondary N) is 1. The molecule has 3 rings (SSSR count). The smallest absolute Gasteiger partial charge is 0.251 e. The number of rotatable bonds is 9. The number of nitrogens with zero attached hydrogens (tertiary/aromatic N) is 1. The van der Waals surface area contributed by atoms with Gasteiger partial charge in [-0.3, -0.25) is 4.79 Å². The summed E-state index contributed by atoms with van der Waals surface area (Å²) in [6.45, 7) is 1.05. The first-order chi connectivity index (χ1) is 12.3. The molecule has 0 spiro atoms. The molecule has 5 nitrogen and oxygen atoms in total. The molecule has 2 heterocycles. The highest BCUT2D eigenvalue weighted by Crippen LogP contribution is 2.15. The number of thiazole rings is 1. The van der Waals surface area contributed by atoms with Crippen LogP contribution in [0.3, 0.4) is 0 Å². The number of benzene rings is 1. The first kappa shape index (κ1) is 17.6. The van der Waals surface area contributed by atoms with E-state index in [1.54, 1.807) is 59.1 Å². The molecule has 1 aromatic carbocycles. The van der Waals surface area contributed by atoms with Crippen molar-refractivity contribution in [1.82, 2.24) is 10.3 Å². The lowest BCUT2D eigenvalue weighted by molar-refractivity contribution is 0.0956. The summed E-state index contributed by atoms with van der Waals surface area (Å²) in [4.78, 5) is 16.3. The van der Waals surface area contributed by atoms with Crippen LogP contribution in [0.1, 0.15) is 21.8 Å². The van der Waals surface area contributed by atoms with Crippen LogP contribution in [0.2, 0.25) is 0 Å². The fraction of sp³-hybridized carbons (Fsp3) is 0.222. The van der Waals surface area contributed by atoms with Crippen LogP contribution in [0.15, 0.2) is 58.0 Å². The van der Waals surface area contributed by atoms with Crippen molar-refractivity contribution in [2.24, 2.45) is 0 Å². The Hall–Kier alpha value is -2.25. The van der Waals surface area contributed by atoms with E-state index < -0.39 is 0 Å². The number of amides is 1. The lowest BCUT2D eigenvalue weighted by Gasteiger charge is -2.07. The maximum Gasteiger partial charge on any atom is 0.251 e. The van der Waals surface area contributed by atoms with Crippen LogP contribution in [0.25, 0.3) is 0 Å². The molecule has 0 saturated heterocycles. The van der Waals surface area contributed by atoms with E-state index in [2.05, 4.69) is 10.3 Å². The second-order valence-corrected chi connectivity index (χ2v) is 7.00. The molecule has 130 valence electrons. The molecular weight excluding hydrogens is 356 g/mol. The van der Waals surface area contributed by atoms with Crippen LogP contribution >= 0.6 is 23.1 Å². The van der Waals surface area contributed by atoms with Crippen LogP contribution in [-0.2, 0) is 12.4 Å². The quantitative estimate of drug-likeness (QED) is 0.574. The Morgan fingerprint density at radius 1 is 1.28 bits per heavy atom. The Kier molecular flexibility index (Phi) is 6.53. The number of ether oxygens (including phenoxy) is 1. The van der Waals surface area contributed by atoms with Gasteiger partial charge in [0.25, 0.3) is 5.91 Å². The zero-order chi connectivity index (χ0) is 17.3. The van der Waals surface area contributed by atoms with E-state index in [4.69, 9.17) is 9.15 Å².